The molecule has 0 aliphatic carbocycles. The minimum absolute atomic E-state index is 0.447. The molecule has 0 fully saturated rings. The molecule has 1 atom stereocenters. The lowest BCUT2D eigenvalue weighted by molar-refractivity contribution is 0.555. The third kappa shape index (κ3) is 4.97. The van der Waals surface area contributed by atoms with Gasteiger partial charge in [-0.05, 0) is 32.1 Å². The van der Waals surface area contributed by atoms with E-state index in [0.29, 0.717) is 6.04 Å². The largest absolute Gasteiger partial charge is 0.316 e. The fourth-order valence-electron chi connectivity index (χ4n) is 2.14. The maximum atomic E-state index is 6.48. The summed E-state index contributed by atoms with van der Waals surface area (Å²) in [5, 5.41) is 8.87. The van der Waals surface area contributed by atoms with E-state index in [1.807, 2.05) is 18.8 Å². The van der Waals surface area contributed by atoms with Crippen molar-refractivity contribution in [1.29, 1.82) is 0 Å². The van der Waals surface area contributed by atoms with Crippen molar-refractivity contribution in [3.05, 3.63) is 16.4 Å². The molecule has 1 aromatic heterocycles. The van der Waals surface area contributed by atoms with Gasteiger partial charge in [0.2, 0.25) is 0 Å². The minimum atomic E-state index is 0.447. The Balaban J connectivity index is 2.71. The van der Waals surface area contributed by atoms with Gasteiger partial charge in [0.05, 0.1) is 16.4 Å². The van der Waals surface area contributed by atoms with Crippen LogP contribution in [0.4, 0.5) is 0 Å². The van der Waals surface area contributed by atoms with Crippen LogP contribution in [0.2, 0.25) is 5.02 Å². The van der Waals surface area contributed by atoms with Gasteiger partial charge < -0.3 is 5.32 Å². The Morgan fingerprint density at radius 1 is 1.30 bits per heavy atom. The lowest BCUT2D eigenvalue weighted by Crippen LogP contribution is -2.31. The molecule has 20 heavy (non-hydrogen) atoms. The van der Waals surface area contributed by atoms with Gasteiger partial charge in [-0.15, -0.1) is 0 Å². The second-order valence-corrected chi connectivity index (χ2v) is 6.95. The van der Waals surface area contributed by atoms with Crippen LogP contribution >= 0.6 is 23.4 Å². The van der Waals surface area contributed by atoms with Crippen LogP contribution in [0, 0.1) is 5.92 Å². The van der Waals surface area contributed by atoms with Gasteiger partial charge in [-0.3, -0.25) is 4.68 Å². The molecule has 0 bridgehead atoms. The number of hydrogen-bond donors (Lipinski definition) is 1. The molecule has 1 unspecified atom stereocenters. The summed E-state index contributed by atoms with van der Waals surface area (Å²) in [5.74, 6) is 3.06. The van der Waals surface area contributed by atoms with Crippen molar-refractivity contribution < 1.29 is 0 Å². The van der Waals surface area contributed by atoms with Gasteiger partial charge in [-0.2, -0.15) is 16.9 Å². The Hall–Kier alpha value is -0.190. The topological polar surface area (TPSA) is 29.9 Å². The highest BCUT2D eigenvalue weighted by atomic mass is 35.5. The number of aromatic nitrogens is 2. The fourth-order valence-corrected chi connectivity index (χ4v) is 3.66. The molecule has 0 aliphatic rings. The SMILES string of the molecule is CCc1nn(CC)c(CC(CSCC(C)C)NC)c1Cl. The first-order valence-corrected chi connectivity index (χ1v) is 9.05. The highest BCUT2D eigenvalue weighted by Crippen LogP contribution is 2.23. The van der Waals surface area contributed by atoms with E-state index < -0.39 is 0 Å². The summed E-state index contributed by atoms with van der Waals surface area (Å²) in [6, 6.07) is 0.447. The van der Waals surface area contributed by atoms with Crippen LogP contribution in [0.25, 0.3) is 0 Å². The van der Waals surface area contributed by atoms with Crippen LogP contribution < -0.4 is 5.32 Å². The van der Waals surface area contributed by atoms with Gasteiger partial charge in [0, 0.05) is 24.8 Å². The summed E-state index contributed by atoms with van der Waals surface area (Å²) in [5.41, 5.74) is 2.20. The standard InChI is InChI=1S/C15H28ClN3S/c1-6-13-15(16)14(19(7-2)18-13)8-12(17-5)10-20-9-11(3)4/h11-12,17H,6-10H2,1-5H3. The van der Waals surface area contributed by atoms with E-state index in [1.54, 1.807) is 0 Å². The van der Waals surface area contributed by atoms with Crippen molar-refractivity contribution in [3.8, 4) is 0 Å². The Morgan fingerprint density at radius 2 is 2.00 bits per heavy atom. The van der Waals surface area contributed by atoms with Crippen LogP contribution in [0.5, 0.6) is 0 Å². The second kappa shape index (κ2) is 8.96. The number of likely N-dealkylation sites (N-methyl/N-ethyl adjacent to an activating group) is 1. The summed E-state index contributed by atoms with van der Waals surface area (Å²) >= 11 is 8.49. The third-order valence-corrected chi connectivity index (χ3v) is 5.29. The van der Waals surface area contributed by atoms with E-state index in [0.717, 1.165) is 41.8 Å². The number of thioether (sulfide) groups is 1. The zero-order chi connectivity index (χ0) is 15.1. The lowest BCUT2D eigenvalue weighted by atomic mass is 10.1. The van der Waals surface area contributed by atoms with Crippen molar-refractivity contribution >= 4 is 23.4 Å². The molecule has 3 nitrogen and oxygen atoms in total. The molecule has 0 radical (unpaired) electrons. The Bertz CT molecular complexity index is 404. The summed E-state index contributed by atoms with van der Waals surface area (Å²) < 4.78 is 2.05. The summed E-state index contributed by atoms with van der Waals surface area (Å²) in [7, 11) is 2.03. The summed E-state index contributed by atoms with van der Waals surface area (Å²) in [6.45, 7) is 9.63. The predicted molar refractivity (Wildman–Crippen MR) is 91.0 cm³/mol. The van der Waals surface area contributed by atoms with Gasteiger partial charge in [0.15, 0.2) is 0 Å². The van der Waals surface area contributed by atoms with Crippen molar-refractivity contribution in [3.63, 3.8) is 0 Å². The number of aryl methyl sites for hydroxylation is 2. The second-order valence-electron chi connectivity index (χ2n) is 5.50. The maximum Gasteiger partial charge on any atom is 0.0850 e. The van der Waals surface area contributed by atoms with Gasteiger partial charge in [-0.25, -0.2) is 0 Å². The smallest absolute Gasteiger partial charge is 0.0850 e. The molecular formula is C15H28ClN3S. The van der Waals surface area contributed by atoms with Crippen LogP contribution in [0.3, 0.4) is 0 Å². The van der Waals surface area contributed by atoms with Crippen molar-refractivity contribution in [2.75, 3.05) is 18.6 Å². The zero-order valence-corrected chi connectivity index (χ0v) is 14.9. The predicted octanol–water partition coefficient (Wildman–Crippen LogP) is 3.64. The first kappa shape index (κ1) is 17.9. The molecule has 0 amide bonds. The summed E-state index contributed by atoms with van der Waals surface area (Å²) in [4.78, 5) is 0. The summed E-state index contributed by atoms with van der Waals surface area (Å²) in [6.07, 6.45) is 1.84. The first-order valence-electron chi connectivity index (χ1n) is 7.52. The lowest BCUT2D eigenvalue weighted by Gasteiger charge is -2.17. The molecule has 1 N–H and O–H groups in total. The van der Waals surface area contributed by atoms with E-state index in [1.165, 1.54) is 11.4 Å². The van der Waals surface area contributed by atoms with Gasteiger partial charge in [-0.1, -0.05) is 32.4 Å². The molecule has 5 heteroatoms. The van der Waals surface area contributed by atoms with Crippen LogP contribution in [0.15, 0.2) is 0 Å². The average Bonchev–Trinajstić information content (AvgIpc) is 2.73. The molecule has 0 saturated carbocycles. The third-order valence-electron chi connectivity index (χ3n) is 3.31. The van der Waals surface area contributed by atoms with Gasteiger partial charge >= 0.3 is 0 Å². The van der Waals surface area contributed by atoms with Crippen LogP contribution in [0.1, 0.15) is 39.1 Å². The fraction of sp³-hybridized carbons (Fsp3) is 0.800. The number of hydrogen-bond acceptors (Lipinski definition) is 3. The molecule has 0 spiro atoms. The Kier molecular flexibility index (Phi) is 8.00. The molecule has 0 aliphatic heterocycles. The average molecular weight is 318 g/mol. The van der Waals surface area contributed by atoms with Gasteiger partial charge in [0.25, 0.3) is 0 Å². The highest BCUT2D eigenvalue weighted by Gasteiger charge is 2.18. The molecular weight excluding hydrogens is 290 g/mol. The molecule has 1 aromatic rings. The zero-order valence-electron chi connectivity index (χ0n) is 13.4. The van der Waals surface area contributed by atoms with E-state index in [-0.39, 0.29) is 0 Å². The number of rotatable bonds is 9. The molecule has 116 valence electrons. The van der Waals surface area contributed by atoms with Crippen molar-refractivity contribution in [2.24, 2.45) is 5.92 Å². The van der Waals surface area contributed by atoms with Crippen molar-refractivity contribution in [2.45, 2.75) is 53.1 Å². The van der Waals surface area contributed by atoms with Crippen LogP contribution in [-0.2, 0) is 19.4 Å². The number of nitrogens with one attached hydrogen (secondary N) is 1. The van der Waals surface area contributed by atoms with Gasteiger partial charge in [0.1, 0.15) is 0 Å². The first-order chi connectivity index (χ1) is 9.53. The molecule has 1 heterocycles. The van der Waals surface area contributed by atoms with Crippen molar-refractivity contribution in [1.82, 2.24) is 15.1 Å². The van der Waals surface area contributed by atoms with Crippen LogP contribution in [-0.4, -0.2) is 34.4 Å². The molecule has 1 rings (SSSR count). The Morgan fingerprint density at radius 3 is 2.50 bits per heavy atom. The minimum Gasteiger partial charge on any atom is -0.316 e. The highest BCUT2D eigenvalue weighted by molar-refractivity contribution is 7.99. The van der Waals surface area contributed by atoms with E-state index in [2.05, 4.69) is 42.8 Å². The number of halogens is 1. The van der Waals surface area contributed by atoms with E-state index in [9.17, 15) is 0 Å². The maximum absolute atomic E-state index is 6.48. The molecule has 0 saturated heterocycles. The normalized spacial score (nSPS) is 13.2. The monoisotopic (exact) mass is 317 g/mol. The molecule has 0 aromatic carbocycles. The van der Waals surface area contributed by atoms with E-state index in [4.69, 9.17) is 11.6 Å². The number of nitrogens with zero attached hydrogens (tertiary/aromatic N) is 2. The quantitative estimate of drug-likeness (QED) is 0.754. The van der Waals surface area contributed by atoms with E-state index >= 15 is 0 Å². The Labute approximate surface area is 132 Å².